The Morgan fingerprint density at radius 1 is 0.909 bits per heavy atom. The van der Waals surface area contributed by atoms with Crippen LogP contribution in [0.1, 0.15) is 6.92 Å². The fraction of sp³-hybridized carbons (Fsp3) is 0.0938. The first-order valence-electron chi connectivity index (χ1n) is 13.6. The predicted octanol–water partition coefficient (Wildman–Crippen LogP) is 6.39. The van der Waals surface area contributed by atoms with E-state index >= 15 is 0 Å². The molecule has 0 saturated heterocycles. The highest BCUT2D eigenvalue weighted by Gasteiger charge is 2.25. The third-order valence-corrected chi connectivity index (χ3v) is 9.34. The van der Waals surface area contributed by atoms with Gasteiger partial charge in [-0.2, -0.15) is 0 Å². The molecule has 2 aromatic heterocycles. The molecule has 1 N–H and O–H groups in total. The molecule has 0 saturated carbocycles. The van der Waals surface area contributed by atoms with Crippen LogP contribution in [0.3, 0.4) is 0 Å². The number of rotatable bonds is 10. The van der Waals surface area contributed by atoms with E-state index in [9.17, 15) is 17.6 Å². The van der Waals surface area contributed by atoms with Gasteiger partial charge in [-0.3, -0.25) is 9.36 Å². The third kappa shape index (κ3) is 5.81. The molecule has 0 aliphatic rings. The minimum Gasteiger partial charge on any atom is -0.494 e. The lowest BCUT2D eigenvalue weighted by Gasteiger charge is -2.10. The minimum atomic E-state index is -3.94. The van der Waals surface area contributed by atoms with Crippen molar-refractivity contribution in [2.75, 3.05) is 17.7 Å². The number of benzene rings is 4. The Labute approximate surface area is 257 Å². The number of carbonyl (C=O) groups is 1. The van der Waals surface area contributed by atoms with Gasteiger partial charge in [-0.25, -0.2) is 16.8 Å². The van der Waals surface area contributed by atoms with E-state index in [2.05, 4.69) is 15.5 Å². The molecule has 9 nitrogen and oxygen atoms in total. The van der Waals surface area contributed by atoms with Gasteiger partial charge in [0.15, 0.2) is 11.0 Å². The Bertz CT molecular complexity index is 2040. The van der Waals surface area contributed by atoms with E-state index in [4.69, 9.17) is 4.74 Å². The zero-order valence-corrected chi connectivity index (χ0v) is 25.1. The number of nitrogens with one attached hydrogen (secondary N) is 1. The monoisotopic (exact) mass is 627 g/mol. The number of aromatic nitrogens is 4. The standard InChI is InChI=1S/C32H26FN5O4S2/c1-2-42-25-18-14-23(15-19-25)34-30(39)21-43-32-36-35-31(38(32)24-16-12-22(33)13-17-24)28-20-37(29-11-7-6-10-27(28)29)44(40,41)26-8-4-3-5-9-26/h3-20H,2,21H2,1H3,(H,34,39). The summed E-state index contributed by atoms with van der Waals surface area (Å²) in [5.41, 5.74) is 2.13. The van der Waals surface area contributed by atoms with Crippen molar-refractivity contribution in [2.45, 2.75) is 17.0 Å². The Morgan fingerprint density at radius 3 is 2.34 bits per heavy atom. The molecule has 12 heteroatoms. The van der Waals surface area contributed by atoms with Crippen LogP contribution in [0.25, 0.3) is 28.0 Å². The van der Waals surface area contributed by atoms with Gasteiger partial charge in [0, 0.05) is 28.5 Å². The first-order valence-corrected chi connectivity index (χ1v) is 16.1. The van der Waals surface area contributed by atoms with E-state index in [1.54, 1.807) is 71.3 Å². The Balaban J connectivity index is 1.37. The van der Waals surface area contributed by atoms with Gasteiger partial charge < -0.3 is 10.1 Å². The average molecular weight is 628 g/mol. The highest BCUT2D eigenvalue weighted by molar-refractivity contribution is 7.99. The van der Waals surface area contributed by atoms with Gasteiger partial charge in [-0.1, -0.05) is 48.2 Å². The van der Waals surface area contributed by atoms with Crippen molar-refractivity contribution in [3.63, 3.8) is 0 Å². The number of ether oxygens (including phenoxy) is 1. The summed E-state index contributed by atoms with van der Waals surface area (Å²) in [4.78, 5) is 13.0. The average Bonchev–Trinajstić information content (AvgIpc) is 3.64. The van der Waals surface area contributed by atoms with Crippen LogP contribution in [0.2, 0.25) is 0 Å². The molecular formula is C32H26FN5O4S2. The summed E-state index contributed by atoms with van der Waals surface area (Å²) >= 11 is 1.15. The molecule has 0 unspecified atom stereocenters. The van der Waals surface area contributed by atoms with Gasteiger partial charge in [0.05, 0.1) is 22.8 Å². The van der Waals surface area contributed by atoms with Gasteiger partial charge in [0.25, 0.3) is 10.0 Å². The maximum Gasteiger partial charge on any atom is 0.268 e. The Kier molecular flexibility index (Phi) is 8.18. The normalized spacial score (nSPS) is 11.5. The molecule has 6 rings (SSSR count). The molecule has 222 valence electrons. The van der Waals surface area contributed by atoms with Crippen LogP contribution < -0.4 is 10.1 Å². The largest absolute Gasteiger partial charge is 0.494 e. The van der Waals surface area contributed by atoms with E-state index in [-0.39, 0.29) is 16.6 Å². The zero-order valence-electron chi connectivity index (χ0n) is 23.4. The number of hydrogen-bond donors (Lipinski definition) is 1. The fourth-order valence-corrected chi connectivity index (χ4v) is 6.86. The molecule has 0 aliphatic heterocycles. The van der Waals surface area contributed by atoms with Gasteiger partial charge >= 0.3 is 0 Å². The fourth-order valence-electron chi connectivity index (χ4n) is 4.72. The summed E-state index contributed by atoms with van der Waals surface area (Å²) in [5, 5.41) is 12.7. The Morgan fingerprint density at radius 2 is 1.61 bits per heavy atom. The molecule has 0 radical (unpaired) electrons. The number of para-hydroxylation sites is 1. The second-order valence-corrected chi connectivity index (χ2v) is 12.3. The van der Waals surface area contributed by atoms with E-state index in [0.717, 1.165) is 11.8 Å². The number of halogens is 1. The first kappa shape index (κ1) is 29.1. The van der Waals surface area contributed by atoms with Crippen molar-refractivity contribution in [1.29, 1.82) is 0 Å². The van der Waals surface area contributed by atoms with Crippen LogP contribution in [0.4, 0.5) is 10.1 Å². The number of nitrogens with zero attached hydrogens (tertiary/aromatic N) is 4. The van der Waals surface area contributed by atoms with Gasteiger partial charge in [-0.05, 0) is 73.7 Å². The second-order valence-electron chi connectivity index (χ2n) is 9.59. The number of thioether (sulfide) groups is 1. The topological polar surface area (TPSA) is 108 Å². The smallest absolute Gasteiger partial charge is 0.268 e. The summed E-state index contributed by atoms with van der Waals surface area (Å²) < 4.78 is 49.7. The van der Waals surface area contributed by atoms with E-state index in [0.29, 0.717) is 51.2 Å². The molecule has 0 spiro atoms. The van der Waals surface area contributed by atoms with Crippen molar-refractivity contribution in [3.05, 3.63) is 115 Å². The summed E-state index contributed by atoms with van der Waals surface area (Å²) in [6.45, 7) is 2.44. The quantitative estimate of drug-likeness (QED) is 0.175. The maximum absolute atomic E-state index is 13.9. The van der Waals surface area contributed by atoms with Crippen molar-refractivity contribution in [1.82, 2.24) is 18.7 Å². The molecule has 0 bridgehead atoms. The molecule has 1 amide bonds. The highest BCUT2D eigenvalue weighted by atomic mass is 32.2. The lowest BCUT2D eigenvalue weighted by atomic mass is 10.1. The van der Waals surface area contributed by atoms with E-state index < -0.39 is 15.8 Å². The molecule has 2 heterocycles. The van der Waals surface area contributed by atoms with Crippen molar-refractivity contribution in [2.24, 2.45) is 0 Å². The van der Waals surface area contributed by atoms with Gasteiger partial charge in [0.2, 0.25) is 5.91 Å². The molecule has 0 atom stereocenters. The molecule has 0 aliphatic carbocycles. The lowest BCUT2D eigenvalue weighted by molar-refractivity contribution is -0.113. The van der Waals surface area contributed by atoms with E-state index in [1.807, 2.05) is 19.1 Å². The Hall–Kier alpha value is -4.94. The summed E-state index contributed by atoms with van der Waals surface area (Å²) in [5.74, 6) is 0.371. The van der Waals surface area contributed by atoms with Gasteiger partial charge in [-0.15, -0.1) is 10.2 Å². The van der Waals surface area contributed by atoms with Crippen LogP contribution >= 0.6 is 11.8 Å². The summed E-state index contributed by atoms with van der Waals surface area (Å²) in [7, 11) is -3.94. The SMILES string of the molecule is CCOc1ccc(NC(=O)CSc2nnc(-c3cn(S(=O)(=O)c4ccccc4)c4ccccc34)n2-c2ccc(F)cc2)cc1. The molecule has 0 fully saturated rings. The summed E-state index contributed by atoms with van der Waals surface area (Å²) in [6.07, 6.45) is 1.52. The predicted molar refractivity (Wildman–Crippen MR) is 168 cm³/mol. The first-order chi connectivity index (χ1) is 21.3. The van der Waals surface area contributed by atoms with Crippen molar-refractivity contribution in [3.8, 4) is 22.8 Å². The number of carbonyl (C=O) groups excluding carboxylic acids is 1. The van der Waals surface area contributed by atoms with Crippen molar-refractivity contribution < 1.29 is 22.3 Å². The van der Waals surface area contributed by atoms with Crippen LogP contribution in [0, 0.1) is 5.82 Å². The van der Waals surface area contributed by atoms with Crippen LogP contribution in [0.15, 0.2) is 119 Å². The molecule has 4 aromatic carbocycles. The van der Waals surface area contributed by atoms with Crippen molar-refractivity contribution >= 4 is 44.3 Å². The number of fused-ring (bicyclic) bond motifs is 1. The molecular weight excluding hydrogens is 602 g/mol. The maximum atomic E-state index is 13.9. The second kappa shape index (κ2) is 12.3. The molecule has 6 aromatic rings. The number of anilines is 1. The van der Waals surface area contributed by atoms with Crippen LogP contribution in [-0.2, 0) is 14.8 Å². The zero-order chi connectivity index (χ0) is 30.7. The number of hydrogen-bond acceptors (Lipinski definition) is 7. The van der Waals surface area contributed by atoms with Crippen LogP contribution in [0.5, 0.6) is 5.75 Å². The highest BCUT2D eigenvalue weighted by Crippen LogP contribution is 2.35. The minimum absolute atomic E-state index is 0.0106. The van der Waals surface area contributed by atoms with Gasteiger partial charge in [0.1, 0.15) is 11.6 Å². The third-order valence-electron chi connectivity index (χ3n) is 6.72. The number of amides is 1. The summed E-state index contributed by atoms with van der Waals surface area (Å²) in [6, 6.07) is 28.1. The van der Waals surface area contributed by atoms with E-state index in [1.165, 1.54) is 34.4 Å². The van der Waals surface area contributed by atoms with Crippen LogP contribution in [-0.4, -0.2) is 45.4 Å². The molecule has 44 heavy (non-hydrogen) atoms. The lowest BCUT2D eigenvalue weighted by Crippen LogP contribution is -2.14.